The van der Waals surface area contributed by atoms with Crippen molar-refractivity contribution in [2.24, 2.45) is 0 Å². The average Bonchev–Trinajstić information content (AvgIpc) is 3.16. The van der Waals surface area contributed by atoms with Crippen molar-refractivity contribution in [3.63, 3.8) is 0 Å². The second-order valence-corrected chi connectivity index (χ2v) is 6.71. The summed E-state index contributed by atoms with van der Waals surface area (Å²) < 4.78 is 5.57. The SMILES string of the molecule is CCc1ccc(C(C)NC(=O)CSc2nnc(-c3ccncc3)o2)cc1. The van der Waals surface area contributed by atoms with Gasteiger partial charge in [-0.1, -0.05) is 43.0 Å². The van der Waals surface area contributed by atoms with Crippen LogP contribution in [0.2, 0.25) is 0 Å². The highest BCUT2D eigenvalue weighted by Crippen LogP contribution is 2.22. The van der Waals surface area contributed by atoms with Crippen LogP contribution in [0.4, 0.5) is 0 Å². The molecule has 1 unspecified atom stereocenters. The Labute approximate surface area is 156 Å². The summed E-state index contributed by atoms with van der Waals surface area (Å²) in [5, 5.41) is 11.3. The first-order valence-corrected chi connectivity index (χ1v) is 9.39. The van der Waals surface area contributed by atoms with E-state index in [0.717, 1.165) is 17.5 Å². The molecule has 0 aliphatic carbocycles. The van der Waals surface area contributed by atoms with Gasteiger partial charge in [-0.15, -0.1) is 10.2 Å². The molecular formula is C19H20N4O2S. The van der Waals surface area contributed by atoms with Crippen LogP contribution in [-0.4, -0.2) is 26.8 Å². The standard InChI is InChI=1S/C19H20N4O2S/c1-3-14-4-6-15(7-5-14)13(2)21-17(24)12-26-19-23-22-18(25-19)16-8-10-20-11-9-16/h4-11,13H,3,12H2,1-2H3,(H,21,24). The van der Waals surface area contributed by atoms with Crippen molar-refractivity contribution in [1.82, 2.24) is 20.5 Å². The van der Waals surface area contributed by atoms with Gasteiger partial charge in [0.1, 0.15) is 0 Å². The quantitative estimate of drug-likeness (QED) is 0.641. The number of aromatic nitrogens is 3. The molecule has 6 nitrogen and oxygen atoms in total. The Balaban J connectivity index is 1.51. The van der Waals surface area contributed by atoms with Crippen molar-refractivity contribution >= 4 is 17.7 Å². The summed E-state index contributed by atoms with van der Waals surface area (Å²) in [7, 11) is 0. The summed E-state index contributed by atoms with van der Waals surface area (Å²) in [4.78, 5) is 16.1. The van der Waals surface area contributed by atoms with Crippen LogP contribution in [0, 0.1) is 0 Å². The fourth-order valence-electron chi connectivity index (χ4n) is 2.42. The van der Waals surface area contributed by atoms with Crippen LogP contribution in [0.15, 0.2) is 58.4 Å². The van der Waals surface area contributed by atoms with Crippen LogP contribution in [0.25, 0.3) is 11.5 Å². The Bertz CT molecular complexity index is 849. The largest absolute Gasteiger partial charge is 0.411 e. The molecule has 1 amide bonds. The second kappa shape index (κ2) is 8.62. The van der Waals surface area contributed by atoms with Crippen molar-refractivity contribution < 1.29 is 9.21 Å². The molecule has 3 aromatic rings. The lowest BCUT2D eigenvalue weighted by Gasteiger charge is -2.14. The van der Waals surface area contributed by atoms with E-state index in [1.54, 1.807) is 24.5 Å². The van der Waals surface area contributed by atoms with Crippen LogP contribution in [0.5, 0.6) is 0 Å². The molecule has 0 aliphatic heterocycles. The van der Waals surface area contributed by atoms with Gasteiger partial charge in [0.2, 0.25) is 11.8 Å². The lowest BCUT2D eigenvalue weighted by molar-refractivity contribution is -0.119. The first-order valence-electron chi connectivity index (χ1n) is 8.40. The number of amides is 1. The number of aryl methyl sites for hydroxylation is 1. The zero-order valence-corrected chi connectivity index (χ0v) is 15.5. The minimum atomic E-state index is -0.0780. The Morgan fingerprint density at radius 3 is 2.58 bits per heavy atom. The summed E-state index contributed by atoms with van der Waals surface area (Å²) >= 11 is 1.22. The third-order valence-electron chi connectivity index (χ3n) is 3.93. The van der Waals surface area contributed by atoms with Crippen LogP contribution in [0.3, 0.4) is 0 Å². The number of hydrogen-bond acceptors (Lipinski definition) is 6. The smallest absolute Gasteiger partial charge is 0.277 e. The molecule has 2 heterocycles. The highest BCUT2D eigenvalue weighted by molar-refractivity contribution is 7.99. The van der Waals surface area contributed by atoms with Crippen molar-refractivity contribution in [3.05, 3.63) is 59.9 Å². The van der Waals surface area contributed by atoms with Crippen LogP contribution >= 0.6 is 11.8 Å². The predicted molar refractivity (Wildman–Crippen MR) is 101 cm³/mol. The molecule has 26 heavy (non-hydrogen) atoms. The fraction of sp³-hybridized carbons (Fsp3) is 0.263. The van der Waals surface area contributed by atoms with Gasteiger partial charge in [0.15, 0.2) is 0 Å². The maximum atomic E-state index is 12.2. The zero-order valence-electron chi connectivity index (χ0n) is 14.7. The van der Waals surface area contributed by atoms with Gasteiger partial charge in [0.05, 0.1) is 11.8 Å². The molecule has 0 saturated carbocycles. The number of carbonyl (C=O) groups is 1. The maximum Gasteiger partial charge on any atom is 0.277 e. The van der Waals surface area contributed by atoms with E-state index in [9.17, 15) is 4.79 Å². The predicted octanol–water partition coefficient (Wildman–Crippen LogP) is 3.66. The number of benzene rings is 1. The normalized spacial score (nSPS) is 11.9. The Kier molecular flexibility index (Phi) is 6.01. The highest BCUT2D eigenvalue weighted by atomic mass is 32.2. The van der Waals surface area contributed by atoms with Gasteiger partial charge in [-0.3, -0.25) is 9.78 Å². The monoisotopic (exact) mass is 368 g/mol. The van der Waals surface area contributed by atoms with E-state index in [-0.39, 0.29) is 17.7 Å². The molecule has 134 valence electrons. The van der Waals surface area contributed by atoms with Gasteiger partial charge in [0, 0.05) is 18.0 Å². The van der Waals surface area contributed by atoms with Crippen molar-refractivity contribution in [1.29, 1.82) is 0 Å². The molecule has 7 heteroatoms. The molecule has 2 aromatic heterocycles. The van der Waals surface area contributed by atoms with Gasteiger partial charge in [-0.25, -0.2) is 0 Å². The molecule has 0 bridgehead atoms. The van der Waals surface area contributed by atoms with Gasteiger partial charge >= 0.3 is 0 Å². The van der Waals surface area contributed by atoms with E-state index >= 15 is 0 Å². The number of hydrogen-bond donors (Lipinski definition) is 1. The van der Waals surface area contributed by atoms with Crippen molar-refractivity contribution in [3.8, 4) is 11.5 Å². The Morgan fingerprint density at radius 2 is 1.88 bits per heavy atom. The van der Waals surface area contributed by atoms with E-state index in [2.05, 4.69) is 51.7 Å². The first-order chi connectivity index (χ1) is 12.7. The van der Waals surface area contributed by atoms with Gasteiger partial charge in [0.25, 0.3) is 5.22 Å². The average molecular weight is 368 g/mol. The van der Waals surface area contributed by atoms with E-state index in [1.165, 1.54) is 17.3 Å². The molecule has 1 aromatic carbocycles. The van der Waals surface area contributed by atoms with Crippen LogP contribution in [0.1, 0.15) is 31.0 Å². The zero-order chi connectivity index (χ0) is 18.4. The van der Waals surface area contributed by atoms with E-state index in [1.807, 2.05) is 6.92 Å². The number of nitrogens with zero attached hydrogens (tertiary/aromatic N) is 3. The minimum Gasteiger partial charge on any atom is -0.411 e. The molecular weight excluding hydrogens is 348 g/mol. The number of nitrogens with one attached hydrogen (secondary N) is 1. The number of thioether (sulfide) groups is 1. The van der Waals surface area contributed by atoms with Crippen molar-refractivity contribution in [2.45, 2.75) is 31.5 Å². The molecule has 0 saturated heterocycles. The summed E-state index contributed by atoms with van der Waals surface area (Å²) in [5.74, 6) is 0.556. The molecule has 0 fully saturated rings. The number of rotatable bonds is 7. The topological polar surface area (TPSA) is 80.9 Å². The van der Waals surface area contributed by atoms with Gasteiger partial charge < -0.3 is 9.73 Å². The minimum absolute atomic E-state index is 0.0518. The molecule has 0 radical (unpaired) electrons. The van der Waals surface area contributed by atoms with Crippen LogP contribution in [-0.2, 0) is 11.2 Å². The molecule has 1 atom stereocenters. The van der Waals surface area contributed by atoms with Crippen LogP contribution < -0.4 is 5.32 Å². The first kappa shape index (κ1) is 18.1. The Hall–Kier alpha value is -2.67. The second-order valence-electron chi connectivity index (χ2n) is 5.78. The van der Waals surface area contributed by atoms with Gasteiger partial charge in [-0.2, -0.15) is 0 Å². The summed E-state index contributed by atoms with van der Waals surface area (Å²) in [6.45, 7) is 4.09. The molecule has 0 spiro atoms. The van der Waals surface area contributed by atoms with E-state index in [0.29, 0.717) is 11.1 Å². The van der Waals surface area contributed by atoms with Gasteiger partial charge in [-0.05, 0) is 36.6 Å². The van der Waals surface area contributed by atoms with E-state index in [4.69, 9.17) is 4.42 Å². The molecule has 1 N–H and O–H groups in total. The highest BCUT2D eigenvalue weighted by Gasteiger charge is 2.13. The Morgan fingerprint density at radius 1 is 1.15 bits per heavy atom. The maximum absolute atomic E-state index is 12.2. The molecule has 0 aliphatic rings. The fourth-order valence-corrected chi connectivity index (χ4v) is 2.99. The lowest BCUT2D eigenvalue weighted by Crippen LogP contribution is -2.28. The lowest BCUT2D eigenvalue weighted by atomic mass is 10.1. The third-order valence-corrected chi connectivity index (χ3v) is 4.74. The van der Waals surface area contributed by atoms with E-state index < -0.39 is 0 Å². The summed E-state index contributed by atoms with van der Waals surface area (Å²) in [6.07, 6.45) is 4.33. The number of pyridine rings is 1. The molecule has 3 rings (SSSR count). The third kappa shape index (κ3) is 4.70. The number of carbonyl (C=O) groups excluding carboxylic acids is 1. The summed E-state index contributed by atoms with van der Waals surface area (Å²) in [6, 6.07) is 11.8. The van der Waals surface area contributed by atoms with Crippen molar-refractivity contribution in [2.75, 3.05) is 5.75 Å². The summed E-state index contributed by atoms with van der Waals surface area (Å²) in [5.41, 5.74) is 3.16.